The van der Waals surface area contributed by atoms with Crippen molar-refractivity contribution in [1.82, 2.24) is 4.90 Å². The first-order chi connectivity index (χ1) is 13.5. The number of anilines is 2. The van der Waals surface area contributed by atoms with Crippen LogP contribution >= 0.6 is 0 Å². The van der Waals surface area contributed by atoms with Crippen LogP contribution in [0.3, 0.4) is 0 Å². The lowest BCUT2D eigenvalue weighted by Gasteiger charge is -2.35. The Morgan fingerprint density at radius 2 is 1.68 bits per heavy atom. The first-order valence-electron chi connectivity index (χ1n) is 9.08. The summed E-state index contributed by atoms with van der Waals surface area (Å²) < 4.78 is 5.54. The Morgan fingerprint density at radius 3 is 2.25 bits per heavy atom. The summed E-state index contributed by atoms with van der Waals surface area (Å²) in [6.45, 7) is 4.54. The lowest BCUT2D eigenvalue weighted by molar-refractivity contribution is -0.129. The minimum atomic E-state index is -0.269. The van der Waals surface area contributed by atoms with Gasteiger partial charge in [-0.05, 0) is 48.5 Å². The lowest BCUT2D eigenvalue weighted by Crippen LogP contribution is -2.48. The summed E-state index contributed by atoms with van der Waals surface area (Å²) in [6.07, 6.45) is 0. The second-order valence-corrected chi connectivity index (χ2v) is 6.51. The van der Waals surface area contributed by atoms with Crippen LogP contribution < -0.4 is 15.0 Å². The number of carbonyl (C=O) groups excluding carboxylic acids is 2. The molecule has 0 radical (unpaired) electrons. The van der Waals surface area contributed by atoms with E-state index in [4.69, 9.17) is 10.00 Å². The van der Waals surface area contributed by atoms with Gasteiger partial charge in [-0.15, -0.1) is 0 Å². The van der Waals surface area contributed by atoms with Gasteiger partial charge in [0.2, 0.25) is 5.91 Å². The molecule has 0 bridgehead atoms. The van der Waals surface area contributed by atoms with Crippen molar-refractivity contribution in [3.05, 3.63) is 54.1 Å². The molecule has 1 saturated heterocycles. The topological polar surface area (TPSA) is 85.7 Å². The van der Waals surface area contributed by atoms with Gasteiger partial charge < -0.3 is 19.9 Å². The van der Waals surface area contributed by atoms with Gasteiger partial charge in [0.15, 0.2) is 6.61 Å². The average molecular weight is 378 g/mol. The molecule has 1 N–H and O–H groups in total. The van der Waals surface area contributed by atoms with E-state index in [1.54, 1.807) is 31.2 Å². The second-order valence-electron chi connectivity index (χ2n) is 6.51. The van der Waals surface area contributed by atoms with Crippen LogP contribution in [0.5, 0.6) is 5.75 Å². The molecule has 1 heterocycles. The fourth-order valence-corrected chi connectivity index (χ4v) is 3.01. The number of amides is 2. The average Bonchev–Trinajstić information content (AvgIpc) is 2.73. The SMILES string of the molecule is CC(=O)N1CCN(c2ccc(OCC(=O)Nc3ccc(C#N)cc3)cc2)CC1. The highest BCUT2D eigenvalue weighted by molar-refractivity contribution is 5.91. The maximum Gasteiger partial charge on any atom is 0.262 e. The van der Waals surface area contributed by atoms with Crippen LogP contribution in [0.1, 0.15) is 12.5 Å². The number of nitrogens with zero attached hydrogens (tertiary/aromatic N) is 3. The minimum Gasteiger partial charge on any atom is -0.484 e. The number of benzene rings is 2. The van der Waals surface area contributed by atoms with Crippen molar-refractivity contribution >= 4 is 23.2 Å². The highest BCUT2D eigenvalue weighted by Crippen LogP contribution is 2.21. The molecule has 2 aromatic carbocycles. The van der Waals surface area contributed by atoms with Crippen LogP contribution in [0.2, 0.25) is 0 Å². The smallest absolute Gasteiger partial charge is 0.262 e. The molecule has 1 fully saturated rings. The monoisotopic (exact) mass is 378 g/mol. The standard InChI is InChI=1S/C21H22N4O3/c1-16(26)24-10-12-25(13-11-24)19-6-8-20(9-7-19)28-15-21(27)23-18-4-2-17(14-22)3-5-18/h2-9H,10-13,15H2,1H3,(H,23,27). The van der Waals surface area contributed by atoms with E-state index in [1.165, 1.54) is 0 Å². The van der Waals surface area contributed by atoms with E-state index < -0.39 is 0 Å². The van der Waals surface area contributed by atoms with Crippen molar-refractivity contribution in [3.63, 3.8) is 0 Å². The van der Waals surface area contributed by atoms with Crippen molar-refractivity contribution in [3.8, 4) is 11.8 Å². The van der Waals surface area contributed by atoms with Gasteiger partial charge in [0.1, 0.15) is 5.75 Å². The maximum absolute atomic E-state index is 12.0. The van der Waals surface area contributed by atoms with Gasteiger partial charge in [-0.3, -0.25) is 9.59 Å². The third-order valence-electron chi connectivity index (χ3n) is 4.59. The Kier molecular flexibility index (Phi) is 6.12. The molecule has 0 atom stereocenters. The lowest BCUT2D eigenvalue weighted by atomic mass is 10.2. The van der Waals surface area contributed by atoms with Gasteiger partial charge in [0.05, 0.1) is 11.6 Å². The molecule has 28 heavy (non-hydrogen) atoms. The van der Waals surface area contributed by atoms with Gasteiger partial charge >= 0.3 is 0 Å². The normalized spacial score (nSPS) is 13.6. The summed E-state index contributed by atoms with van der Waals surface area (Å²) in [6, 6.07) is 16.3. The van der Waals surface area contributed by atoms with Crippen molar-refractivity contribution in [1.29, 1.82) is 5.26 Å². The molecule has 0 unspecified atom stereocenters. The Labute approximate surface area is 164 Å². The van der Waals surface area contributed by atoms with Crippen molar-refractivity contribution in [2.75, 3.05) is 43.0 Å². The van der Waals surface area contributed by atoms with E-state index in [1.807, 2.05) is 35.2 Å². The van der Waals surface area contributed by atoms with Crippen LogP contribution in [-0.2, 0) is 9.59 Å². The van der Waals surface area contributed by atoms with Crippen LogP contribution in [-0.4, -0.2) is 49.5 Å². The summed E-state index contributed by atoms with van der Waals surface area (Å²) in [7, 11) is 0. The number of ether oxygens (including phenoxy) is 1. The molecule has 0 aliphatic carbocycles. The Balaban J connectivity index is 1.47. The Morgan fingerprint density at radius 1 is 1.04 bits per heavy atom. The summed E-state index contributed by atoms with van der Waals surface area (Å²) >= 11 is 0. The predicted molar refractivity (Wildman–Crippen MR) is 106 cm³/mol. The molecule has 1 aliphatic heterocycles. The molecule has 0 saturated carbocycles. The van der Waals surface area contributed by atoms with Crippen LogP contribution in [0.25, 0.3) is 0 Å². The number of nitriles is 1. The Hall–Kier alpha value is -3.53. The fourth-order valence-electron chi connectivity index (χ4n) is 3.01. The second kappa shape index (κ2) is 8.91. The molecule has 0 spiro atoms. The van der Waals surface area contributed by atoms with Crippen molar-refractivity contribution < 1.29 is 14.3 Å². The third kappa shape index (κ3) is 5.01. The molecular weight excluding hydrogens is 356 g/mol. The zero-order valence-electron chi connectivity index (χ0n) is 15.7. The molecule has 7 nitrogen and oxygen atoms in total. The molecule has 144 valence electrons. The molecule has 1 aliphatic rings. The largest absolute Gasteiger partial charge is 0.484 e. The summed E-state index contributed by atoms with van der Waals surface area (Å²) in [5.41, 5.74) is 2.22. The van der Waals surface area contributed by atoms with E-state index in [2.05, 4.69) is 10.2 Å². The van der Waals surface area contributed by atoms with Crippen LogP contribution in [0.4, 0.5) is 11.4 Å². The first kappa shape index (κ1) is 19.2. The number of piperazine rings is 1. The zero-order valence-corrected chi connectivity index (χ0v) is 15.7. The van der Waals surface area contributed by atoms with E-state index >= 15 is 0 Å². The summed E-state index contributed by atoms with van der Waals surface area (Å²) in [4.78, 5) is 27.5. The highest BCUT2D eigenvalue weighted by atomic mass is 16.5. The number of nitrogens with one attached hydrogen (secondary N) is 1. The van der Waals surface area contributed by atoms with E-state index in [9.17, 15) is 9.59 Å². The van der Waals surface area contributed by atoms with E-state index in [-0.39, 0.29) is 18.4 Å². The fraction of sp³-hybridized carbons (Fsp3) is 0.286. The van der Waals surface area contributed by atoms with Crippen molar-refractivity contribution in [2.45, 2.75) is 6.92 Å². The van der Waals surface area contributed by atoms with E-state index in [0.717, 1.165) is 31.9 Å². The minimum absolute atomic E-state index is 0.101. The molecule has 7 heteroatoms. The summed E-state index contributed by atoms with van der Waals surface area (Å²) in [5, 5.41) is 11.5. The zero-order chi connectivity index (χ0) is 19.9. The van der Waals surface area contributed by atoms with Gasteiger partial charge in [-0.1, -0.05) is 0 Å². The molecular formula is C21H22N4O3. The molecule has 2 aromatic rings. The van der Waals surface area contributed by atoms with Crippen LogP contribution in [0.15, 0.2) is 48.5 Å². The quantitative estimate of drug-likeness (QED) is 0.862. The van der Waals surface area contributed by atoms with Gasteiger partial charge in [-0.2, -0.15) is 5.26 Å². The molecule has 0 aromatic heterocycles. The maximum atomic E-state index is 12.0. The number of carbonyl (C=O) groups is 2. The van der Waals surface area contributed by atoms with E-state index in [0.29, 0.717) is 17.0 Å². The summed E-state index contributed by atoms with van der Waals surface area (Å²) in [5.74, 6) is 0.456. The predicted octanol–water partition coefficient (Wildman–Crippen LogP) is 2.24. The van der Waals surface area contributed by atoms with Crippen LogP contribution in [0, 0.1) is 11.3 Å². The Bertz CT molecular complexity index is 864. The molecule has 3 rings (SSSR count). The number of hydrogen-bond donors (Lipinski definition) is 1. The van der Waals surface area contributed by atoms with Gasteiger partial charge in [0.25, 0.3) is 5.91 Å². The van der Waals surface area contributed by atoms with Crippen molar-refractivity contribution in [2.24, 2.45) is 0 Å². The highest BCUT2D eigenvalue weighted by Gasteiger charge is 2.18. The first-order valence-corrected chi connectivity index (χ1v) is 9.08. The number of hydrogen-bond acceptors (Lipinski definition) is 5. The molecule has 2 amide bonds. The number of rotatable bonds is 5. The third-order valence-corrected chi connectivity index (χ3v) is 4.59. The van der Waals surface area contributed by atoms with Gasteiger partial charge in [0, 0.05) is 44.5 Å². The van der Waals surface area contributed by atoms with Gasteiger partial charge in [-0.25, -0.2) is 0 Å².